The number of para-hydroxylation sites is 1. The summed E-state index contributed by atoms with van der Waals surface area (Å²) >= 11 is 0. The number of anilines is 1. The molecule has 2 bridgehead atoms. The first-order valence-corrected chi connectivity index (χ1v) is 11.4. The van der Waals surface area contributed by atoms with E-state index in [1.54, 1.807) is 6.92 Å². The van der Waals surface area contributed by atoms with Crippen molar-refractivity contribution in [2.75, 3.05) is 31.2 Å². The number of esters is 2. The van der Waals surface area contributed by atoms with Crippen LogP contribution in [0.1, 0.15) is 39.2 Å². The van der Waals surface area contributed by atoms with Gasteiger partial charge in [0.15, 0.2) is 0 Å². The highest BCUT2D eigenvalue weighted by molar-refractivity contribution is 5.96. The zero-order valence-corrected chi connectivity index (χ0v) is 18.9. The first-order chi connectivity index (χ1) is 15.3. The molecule has 1 aliphatic carbocycles. The fraction of sp³-hybridized carbons (Fsp3) is 0.560. The van der Waals surface area contributed by atoms with E-state index in [1.807, 2.05) is 17.0 Å². The molecule has 1 spiro atoms. The van der Waals surface area contributed by atoms with Gasteiger partial charge in [-0.1, -0.05) is 23.8 Å². The van der Waals surface area contributed by atoms with E-state index in [9.17, 15) is 14.4 Å². The summed E-state index contributed by atoms with van der Waals surface area (Å²) in [5.74, 6) is -0.435. The predicted molar refractivity (Wildman–Crippen MR) is 118 cm³/mol. The third kappa shape index (κ3) is 3.01. The second-order valence-corrected chi connectivity index (χ2v) is 9.52. The largest absolute Gasteiger partial charge is 0.465 e. The smallest absolute Gasteiger partial charge is 0.302 e. The maximum absolute atomic E-state index is 13.0. The summed E-state index contributed by atoms with van der Waals surface area (Å²) in [6.07, 6.45) is 3.95. The van der Waals surface area contributed by atoms with E-state index in [1.165, 1.54) is 25.0 Å². The summed E-state index contributed by atoms with van der Waals surface area (Å²) in [5, 5.41) is 0. The summed E-state index contributed by atoms with van der Waals surface area (Å²) in [5.41, 5.74) is 3.32. The maximum atomic E-state index is 13.0. The quantitative estimate of drug-likeness (QED) is 0.531. The minimum atomic E-state index is -0.305. The maximum Gasteiger partial charge on any atom is 0.302 e. The average molecular weight is 439 g/mol. The highest BCUT2D eigenvalue weighted by Gasteiger charge is 2.68. The molecule has 7 heteroatoms. The lowest BCUT2D eigenvalue weighted by Crippen LogP contribution is -2.65. The molecule has 1 saturated carbocycles. The van der Waals surface area contributed by atoms with Crippen molar-refractivity contribution in [2.45, 2.75) is 51.1 Å². The van der Waals surface area contributed by atoms with Crippen molar-refractivity contribution >= 4 is 23.5 Å². The van der Waals surface area contributed by atoms with Crippen molar-refractivity contribution < 1.29 is 23.9 Å². The number of piperidine rings is 1. The van der Waals surface area contributed by atoms with E-state index in [0.717, 1.165) is 31.6 Å². The van der Waals surface area contributed by atoms with Crippen LogP contribution in [0.5, 0.6) is 0 Å². The summed E-state index contributed by atoms with van der Waals surface area (Å²) in [6.45, 7) is 6.78. The van der Waals surface area contributed by atoms with Gasteiger partial charge in [-0.15, -0.1) is 0 Å². The van der Waals surface area contributed by atoms with Crippen LogP contribution in [-0.4, -0.2) is 61.1 Å². The molecule has 5 rings (SSSR count). The van der Waals surface area contributed by atoms with Gasteiger partial charge in [-0.05, 0) is 43.0 Å². The topological polar surface area (TPSA) is 76.2 Å². The van der Waals surface area contributed by atoms with Crippen LogP contribution in [0.3, 0.4) is 0 Å². The zero-order valence-electron chi connectivity index (χ0n) is 18.9. The number of amides is 1. The predicted octanol–water partition coefficient (Wildman–Crippen LogP) is 2.44. The highest BCUT2D eigenvalue weighted by Crippen LogP contribution is 2.63. The summed E-state index contributed by atoms with van der Waals surface area (Å²) in [4.78, 5) is 40.6. The Kier molecular flexibility index (Phi) is 5.12. The van der Waals surface area contributed by atoms with Gasteiger partial charge in [0.1, 0.15) is 6.61 Å². The van der Waals surface area contributed by atoms with Crippen LogP contribution in [-0.2, 0) is 29.3 Å². The minimum Gasteiger partial charge on any atom is -0.465 e. The number of carbonyl (C=O) groups excluding carboxylic acids is 3. The van der Waals surface area contributed by atoms with Gasteiger partial charge in [0.2, 0.25) is 5.91 Å². The van der Waals surface area contributed by atoms with E-state index in [4.69, 9.17) is 9.47 Å². The van der Waals surface area contributed by atoms with Crippen LogP contribution < -0.4 is 4.90 Å². The van der Waals surface area contributed by atoms with Gasteiger partial charge >= 0.3 is 11.9 Å². The van der Waals surface area contributed by atoms with Gasteiger partial charge in [-0.25, -0.2) is 0 Å². The Morgan fingerprint density at radius 3 is 2.59 bits per heavy atom. The number of benzene rings is 1. The number of rotatable bonds is 4. The van der Waals surface area contributed by atoms with Crippen LogP contribution in [0.25, 0.3) is 0 Å². The number of nitrogens with zero attached hydrogens (tertiary/aromatic N) is 2. The Hall–Kier alpha value is -2.67. The molecule has 1 amide bonds. The zero-order chi connectivity index (χ0) is 22.6. The summed E-state index contributed by atoms with van der Waals surface area (Å²) in [7, 11) is 0. The van der Waals surface area contributed by atoms with E-state index in [0.29, 0.717) is 6.04 Å². The monoisotopic (exact) mass is 438 g/mol. The summed E-state index contributed by atoms with van der Waals surface area (Å²) in [6, 6.07) is 8.57. The number of ether oxygens (including phenoxy) is 2. The highest BCUT2D eigenvalue weighted by atomic mass is 16.5. The fourth-order valence-corrected chi connectivity index (χ4v) is 7.06. The first-order valence-electron chi connectivity index (χ1n) is 11.4. The number of hydrogen-bond acceptors (Lipinski definition) is 6. The normalized spacial score (nSPS) is 33.6. The molecule has 5 atom stereocenters. The number of fused-ring (bicyclic) bond motifs is 2. The first kappa shape index (κ1) is 21.2. The molecular formula is C25H30N2O5. The van der Waals surface area contributed by atoms with Crippen LogP contribution in [0.15, 0.2) is 35.9 Å². The molecule has 1 aromatic rings. The molecule has 7 nitrogen and oxygen atoms in total. The van der Waals surface area contributed by atoms with Gasteiger partial charge in [0.05, 0.1) is 12.6 Å². The van der Waals surface area contributed by atoms with Crippen LogP contribution in [0.2, 0.25) is 0 Å². The molecule has 3 heterocycles. The SMILES string of the molecule is CC(=O)OC/C=C1\CN2CCC34c5ccccc5N(C(C)=O)[C@H]3[C@H](COC(C)=O)[C@H]1C[C@H]24. The van der Waals surface area contributed by atoms with Gasteiger partial charge in [0, 0.05) is 50.4 Å². The van der Waals surface area contributed by atoms with Gasteiger partial charge in [-0.3, -0.25) is 19.3 Å². The van der Waals surface area contributed by atoms with Crippen molar-refractivity contribution in [1.29, 1.82) is 0 Å². The molecule has 1 aromatic carbocycles. The van der Waals surface area contributed by atoms with E-state index < -0.39 is 0 Å². The standard InChI is InChI=1S/C25H30N2O5/c1-15(28)27-22-7-5-4-6-21(22)25-9-10-26-13-18(8-11-31-16(2)29)19(12-23(25)26)20(24(25)27)14-32-17(3)30/h4-8,19-20,23-24H,9-14H2,1-3H3/b18-8+/t19-,20+,23-,24-,25?/m0/s1. The van der Waals surface area contributed by atoms with Gasteiger partial charge in [0.25, 0.3) is 0 Å². The molecule has 0 radical (unpaired) electrons. The minimum absolute atomic E-state index is 0.0183. The molecule has 3 fully saturated rings. The molecule has 32 heavy (non-hydrogen) atoms. The molecule has 0 N–H and O–H groups in total. The molecule has 170 valence electrons. The Bertz CT molecular complexity index is 1000. The Morgan fingerprint density at radius 1 is 1.12 bits per heavy atom. The summed E-state index contributed by atoms with van der Waals surface area (Å²) < 4.78 is 10.8. The van der Waals surface area contributed by atoms with Crippen molar-refractivity contribution in [2.24, 2.45) is 11.8 Å². The Labute approximate surface area is 188 Å². The fourth-order valence-electron chi connectivity index (χ4n) is 7.06. The van der Waals surface area contributed by atoms with E-state index >= 15 is 0 Å². The lowest BCUT2D eigenvalue weighted by atomic mass is 9.55. The Balaban J connectivity index is 1.62. The van der Waals surface area contributed by atoms with Crippen LogP contribution in [0, 0.1) is 11.8 Å². The second-order valence-electron chi connectivity index (χ2n) is 9.52. The number of hydrogen-bond donors (Lipinski definition) is 0. The second kappa shape index (κ2) is 7.73. The molecule has 2 saturated heterocycles. The third-order valence-corrected chi connectivity index (χ3v) is 8.03. The van der Waals surface area contributed by atoms with E-state index in [-0.39, 0.29) is 54.4 Å². The van der Waals surface area contributed by atoms with Crippen molar-refractivity contribution in [3.05, 3.63) is 41.5 Å². The van der Waals surface area contributed by atoms with Gasteiger partial charge in [-0.2, -0.15) is 0 Å². The lowest BCUT2D eigenvalue weighted by molar-refractivity contribution is -0.144. The van der Waals surface area contributed by atoms with Gasteiger partial charge < -0.3 is 14.4 Å². The lowest BCUT2D eigenvalue weighted by Gasteiger charge is -2.56. The molecular weight excluding hydrogens is 408 g/mol. The Morgan fingerprint density at radius 2 is 1.88 bits per heavy atom. The van der Waals surface area contributed by atoms with Crippen molar-refractivity contribution in [3.8, 4) is 0 Å². The molecule has 4 aliphatic rings. The van der Waals surface area contributed by atoms with Crippen LogP contribution in [0.4, 0.5) is 5.69 Å². The number of carbonyl (C=O) groups is 3. The molecule has 0 aromatic heterocycles. The average Bonchev–Trinajstić information content (AvgIpc) is 3.27. The molecule has 1 unspecified atom stereocenters. The molecule has 3 aliphatic heterocycles. The van der Waals surface area contributed by atoms with E-state index in [2.05, 4.69) is 23.1 Å². The van der Waals surface area contributed by atoms with Crippen molar-refractivity contribution in [3.63, 3.8) is 0 Å². The third-order valence-electron chi connectivity index (χ3n) is 8.03. The van der Waals surface area contributed by atoms with Crippen molar-refractivity contribution in [1.82, 2.24) is 4.90 Å². The van der Waals surface area contributed by atoms with Crippen LogP contribution >= 0.6 is 0 Å².